The third-order valence-corrected chi connectivity index (χ3v) is 12.5. The van der Waals surface area contributed by atoms with Gasteiger partial charge in [0, 0.05) is 0 Å². The molecule has 0 aromatic heterocycles. The maximum atomic E-state index is 13.4. The molecule has 0 N–H and O–H groups in total. The molecule has 0 saturated heterocycles. The van der Waals surface area contributed by atoms with Gasteiger partial charge in [-0.15, -0.1) is 0 Å². The molecule has 0 radical (unpaired) electrons. The van der Waals surface area contributed by atoms with Gasteiger partial charge in [-0.1, -0.05) is 236 Å². The highest BCUT2D eigenvalue weighted by Crippen LogP contribution is 2.30. The van der Waals surface area contributed by atoms with E-state index in [1.165, 1.54) is 154 Å². The summed E-state index contributed by atoms with van der Waals surface area (Å²) in [6.45, 7) is 9.80. The summed E-state index contributed by atoms with van der Waals surface area (Å²) in [4.78, 5) is 26.9. The van der Waals surface area contributed by atoms with Crippen molar-refractivity contribution in [1.82, 2.24) is 0 Å². The van der Waals surface area contributed by atoms with Crippen molar-refractivity contribution < 1.29 is 28.5 Å². The number of esters is 2. The molecule has 0 heterocycles. The van der Waals surface area contributed by atoms with Gasteiger partial charge in [-0.2, -0.15) is 0 Å². The minimum atomic E-state index is -0.384. The quantitative estimate of drug-likeness (QED) is 0.0254. The second kappa shape index (κ2) is 33.2. The number of fused-ring (bicyclic) bond motifs is 2. The van der Waals surface area contributed by atoms with E-state index in [1.807, 2.05) is 72.8 Å². The number of unbranched alkanes of at least 4 members (excludes halogenated alkanes) is 26. The molecular formula is C58H84O6. The van der Waals surface area contributed by atoms with Crippen molar-refractivity contribution in [3.05, 3.63) is 96.1 Å². The lowest BCUT2D eigenvalue weighted by molar-refractivity contribution is 0.0484. The molecule has 4 aromatic carbocycles. The molecule has 0 atom stereocenters. The van der Waals surface area contributed by atoms with Crippen LogP contribution < -0.4 is 9.47 Å². The van der Waals surface area contributed by atoms with Crippen LogP contribution in [0.1, 0.15) is 214 Å². The summed E-state index contributed by atoms with van der Waals surface area (Å²) in [7, 11) is 0. The number of rotatable bonds is 38. The van der Waals surface area contributed by atoms with Crippen molar-refractivity contribution in [2.75, 3.05) is 26.4 Å². The zero-order valence-corrected chi connectivity index (χ0v) is 40.2. The highest BCUT2D eigenvalue weighted by atomic mass is 16.5. The summed E-state index contributed by atoms with van der Waals surface area (Å²) < 4.78 is 24.1. The van der Waals surface area contributed by atoms with Gasteiger partial charge in [0.1, 0.15) is 35.8 Å². The van der Waals surface area contributed by atoms with E-state index in [4.69, 9.17) is 18.9 Å². The average molecular weight is 877 g/mol. The molecule has 6 nitrogen and oxygen atoms in total. The van der Waals surface area contributed by atoms with Crippen molar-refractivity contribution in [3.8, 4) is 11.5 Å². The first-order valence-corrected chi connectivity index (χ1v) is 25.8. The highest BCUT2D eigenvalue weighted by Gasteiger charge is 2.19. The molecule has 0 bridgehead atoms. The Balaban J connectivity index is 1.18. The first-order chi connectivity index (χ1) is 31.5. The van der Waals surface area contributed by atoms with Crippen molar-refractivity contribution >= 4 is 33.5 Å². The molecule has 0 aliphatic rings. The van der Waals surface area contributed by atoms with Crippen LogP contribution in [0, 0.1) is 0 Å². The van der Waals surface area contributed by atoms with Crippen LogP contribution in [0.4, 0.5) is 0 Å². The van der Waals surface area contributed by atoms with E-state index < -0.39 is 0 Å². The van der Waals surface area contributed by atoms with E-state index in [9.17, 15) is 9.59 Å². The number of ether oxygens (including phenoxy) is 4. The molecule has 352 valence electrons. The smallest absolute Gasteiger partial charge is 0.341 e. The second-order valence-corrected chi connectivity index (χ2v) is 18.2. The maximum absolute atomic E-state index is 13.4. The van der Waals surface area contributed by atoms with E-state index in [1.54, 1.807) is 0 Å². The SMILES string of the molecule is C=C(COc1cc2ccccc2cc1C(=O)OCCCCCCCCCCCCCCCC)COc1cc2ccccc2cc1C(=O)OCCCCCCCCCCCCCCCC. The number of hydrogen-bond acceptors (Lipinski definition) is 6. The van der Waals surface area contributed by atoms with Crippen LogP contribution in [-0.4, -0.2) is 38.4 Å². The number of hydrogen-bond donors (Lipinski definition) is 0. The lowest BCUT2D eigenvalue weighted by Crippen LogP contribution is -2.14. The third-order valence-electron chi connectivity index (χ3n) is 12.5. The van der Waals surface area contributed by atoms with Crippen molar-refractivity contribution in [2.24, 2.45) is 0 Å². The van der Waals surface area contributed by atoms with Gasteiger partial charge in [0.25, 0.3) is 0 Å². The van der Waals surface area contributed by atoms with Crippen LogP contribution >= 0.6 is 0 Å². The van der Waals surface area contributed by atoms with Crippen molar-refractivity contribution in [1.29, 1.82) is 0 Å². The molecule has 0 aliphatic carbocycles. The number of benzene rings is 4. The Morgan fingerprint density at radius 3 is 0.953 bits per heavy atom. The number of carbonyl (C=O) groups is 2. The van der Waals surface area contributed by atoms with Gasteiger partial charge >= 0.3 is 11.9 Å². The largest absolute Gasteiger partial charge is 0.488 e. The Bertz CT molecular complexity index is 1760. The molecule has 0 amide bonds. The summed E-state index contributed by atoms with van der Waals surface area (Å²) in [5.41, 5.74) is 1.46. The minimum Gasteiger partial charge on any atom is -0.488 e. The summed E-state index contributed by atoms with van der Waals surface area (Å²) in [5, 5.41) is 3.83. The molecule has 0 fully saturated rings. The van der Waals surface area contributed by atoms with E-state index in [2.05, 4.69) is 20.4 Å². The summed E-state index contributed by atoms with van der Waals surface area (Å²) in [5.74, 6) is 0.130. The Kier molecular flexibility index (Phi) is 27.1. The topological polar surface area (TPSA) is 71.1 Å². The lowest BCUT2D eigenvalue weighted by atomic mass is 10.0. The summed E-state index contributed by atoms with van der Waals surface area (Å²) in [6.07, 6.45) is 35.8. The van der Waals surface area contributed by atoms with Crippen LogP contribution in [0.2, 0.25) is 0 Å². The zero-order valence-electron chi connectivity index (χ0n) is 40.2. The minimum absolute atomic E-state index is 0.129. The van der Waals surface area contributed by atoms with Gasteiger partial charge in [-0.05, 0) is 64.2 Å². The molecule has 6 heteroatoms. The van der Waals surface area contributed by atoms with E-state index >= 15 is 0 Å². The van der Waals surface area contributed by atoms with E-state index in [0.29, 0.717) is 41.4 Å². The average Bonchev–Trinajstić information content (AvgIpc) is 3.31. The Labute approximate surface area is 388 Å². The molecular weight excluding hydrogens is 793 g/mol. The van der Waals surface area contributed by atoms with Gasteiger partial charge in [0.2, 0.25) is 0 Å². The fourth-order valence-electron chi connectivity index (χ4n) is 8.48. The number of carbonyl (C=O) groups excluding carboxylic acids is 2. The Morgan fingerprint density at radius 1 is 0.391 bits per heavy atom. The first-order valence-electron chi connectivity index (χ1n) is 25.8. The summed E-state index contributed by atoms with van der Waals surface area (Å²) in [6, 6.07) is 23.3. The predicted octanol–water partition coefficient (Wildman–Crippen LogP) is 17.3. The predicted molar refractivity (Wildman–Crippen MR) is 269 cm³/mol. The Hall–Kier alpha value is -4.32. The lowest BCUT2D eigenvalue weighted by Gasteiger charge is -2.16. The van der Waals surface area contributed by atoms with Gasteiger partial charge in [0.15, 0.2) is 0 Å². The normalized spacial score (nSPS) is 11.3. The summed E-state index contributed by atoms with van der Waals surface area (Å²) >= 11 is 0. The van der Waals surface area contributed by atoms with Gasteiger partial charge in [-0.25, -0.2) is 9.59 Å². The molecule has 4 aromatic rings. The van der Waals surface area contributed by atoms with Gasteiger partial charge < -0.3 is 18.9 Å². The standard InChI is InChI=1S/C58H84O6/c1-4-6-8-10-12-14-16-18-20-22-24-26-28-34-40-61-57(59)53-42-49-36-30-32-38-51(49)44-55(53)63-46-48(3)47-64-56-45-52-39-33-31-37-50(52)43-54(56)58(60)62-41-35-29-27-25-23-21-19-17-15-13-11-9-7-5-2/h30-33,36-39,42-45H,3-29,34-35,40-41,46-47H2,1-2H3. The fourth-order valence-corrected chi connectivity index (χ4v) is 8.48. The van der Waals surface area contributed by atoms with Gasteiger partial charge in [0.05, 0.1) is 13.2 Å². The van der Waals surface area contributed by atoms with Crippen molar-refractivity contribution in [3.63, 3.8) is 0 Å². The zero-order chi connectivity index (χ0) is 45.3. The molecule has 4 rings (SSSR count). The molecule has 0 aliphatic heterocycles. The maximum Gasteiger partial charge on any atom is 0.341 e. The van der Waals surface area contributed by atoms with E-state index in [-0.39, 0.29) is 25.2 Å². The van der Waals surface area contributed by atoms with Gasteiger partial charge in [-0.3, -0.25) is 0 Å². The third kappa shape index (κ3) is 21.1. The highest BCUT2D eigenvalue weighted by molar-refractivity contribution is 5.99. The fraction of sp³-hybridized carbons (Fsp3) is 0.586. The van der Waals surface area contributed by atoms with Crippen LogP contribution in [-0.2, 0) is 9.47 Å². The monoisotopic (exact) mass is 877 g/mol. The van der Waals surface area contributed by atoms with Crippen molar-refractivity contribution in [2.45, 2.75) is 194 Å². The van der Waals surface area contributed by atoms with Crippen LogP contribution in [0.25, 0.3) is 21.5 Å². The molecule has 64 heavy (non-hydrogen) atoms. The molecule has 0 unspecified atom stereocenters. The van der Waals surface area contributed by atoms with Crippen LogP contribution in [0.15, 0.2) is 84.9 Å². The Morgan fingerprint density at radius 2 is 0.656 bits per heavy atom. The first kappa shape index (κ1) is 52.3. The van der Waals surface area contributed by atoms with Crippen LogP contribution in [0.5, 0.6) is 11.5 Å². The molecule has 0 spiro atoms. The van der Waals surface area contributed by atoms with Crippen LogP contribution in [0.3, 0.4) is 0 Å². The molecule has 0 saturated carbocycles. The van der Waals surface area contributed by atoms with E-state index in [0.717, 1.165) is 47.2 Å². The second-order valence-electron chi connectivity index (χ2n) is 18.2.